The number of thiazole rings is 1. The maximum absolute atomic E-state index is 12.9. The first-order valence-corrected chi connectivity index (χ1v) is 10.3. The first kappa shape index (κ1) is 20.1. The predicted octanol–water partition coefficient (Wildman–Crippen LogP) is 5.39. The smallest absolute Gasteiger partial charge is 0.254 e. The zero-order valence-corrected chi connectivity index (χ0v) is 17.6. The highest BCUT2D eigenvalue weighted by atomic mass is 32.1. The van der Waals surface area contributed by atoms with Gasteiger partial charge in [-0.15, -0.1) is 11.3 Å². The Balaban J connectivity index is 1.65. The number of aromatic nitrogens is 1. The van der Waals surface area contributed by atoms with Crippen molar-refractivity contribution in [2.45, 2.75) is 46.9 Å². The van der Waals surface area contributed by atoms with Gasteiger partial charge in [0.1, 0.15) is 17.4 Å². The molecule has 0 fully saturated rings. The van der Waals surface area contributed by atoms with Gasteiger partial charge in [-0.05, 0) is 57.5 Å². The summed E-state index contributed by atoms with van der Waals surface area (Å²) in [4.78, 5) is 19.4. The molecule has 0 aliphatic rings. The van der Waals surface area contributed by atoms with E-state index < -0.39 is 0 Å². The van der Waals surface area contributed by atoms with Crippen LogP contribution in [0.25, 0.3) is 0 Å². The van der Waals surface area contributed by atoms with Gasteiger partial charge in [0.25, 0.3) is 5.91 Å². The number of carbonyl (C=O) groups excluding carboxylic acids is 1. The summed E-state index contributed by atoms with van der Waals surface area (Å²) >= 11 is 1.56. The van der Waals surface area contributed by atoms with Crippen molar-refractivity contribution >= 4 is 17.2 Å². The number of aryl methyl sites for hydroxylation is 2. The van der Waals surface area contributed by atoms with Gasteiger partial charge >= 0.3 is 0 Å². The monoisotopic (exact) mass is 394 g/mol. The van der Waals surface area contributed by atoms with Gasteiger partial charge in [-0.2, -0.15) is 0 Å². The van der Waals surface area contributed by atoms with Crippen molar-refractivity contribution in [3.05, 3.63) is 81.3 Å². The van der Waals surface area contributed by atoms with Crippen LogP contribution in [0.15, 0.2) is 53.9 Å². The first-order chi connectivity index (χ1) is 13.4. The first-order valence-electron chi connectivity index (χ1n) is 9.43. The lowest BCUT2D eigenvalue weighted by atomic mass is 10.1. The zero-order valence-electron chi connectivity index (χ0n) is 16.8. The van der Waals surface area contributed by atoms with Crippen LogP contribution in [0.4, 0.5) is 0 Å². The molecule has 1 amide bonds. The predicted molar refractivity (Wildman–Crippen MR) is 114 cm³/mol. The number of benzene rings is 2. The molecule has 0 unspecified atom stereocenters. The maximum atomic E-state index is 12.9. The van der Waals surface area contributed by atoms with E-state index in [4.69, 9.17) is 4.74 Å². The lowest BCUT2D eigenvalue weighted by Crippen LogP contribution is -2.36. The molecule has 3 rings (SSSR count). The molecule has 4 nitrogen and oxygen atoms in total. The van der Waals surface area contributed by atoms with Gasteiger partial charge in [-0.3, -0.25) is 4.79 Å². The number of hydrogen-bond donors (Lipinski definition) is 0. The Kier molecular flexibility index (Phi) is 6.47. The third-order valence-corrected chi connectivity index (χ3v) is 5.34. The minimum absolute atomic E-state index is 0.0283. The molecule has 0 aliphatic carbocycles. The Hall–Kier alpha value is -2.66. The number of carbonyl (C=O) groups is 1. The summed E-state index contributed by atoms with van der Waals surface area (Å²) in [7, 11) is 0. The van der Waals surface area contributed by atoms with Crippen molar-refractivity contribution in [3.63, 3.8) is 0 Å². The molecule has 0 saturated heterocycles. The summed E-state index contributed by atoms with van der Waals surface area (Å²) in [5.41, 5.74) is 3.91. The summed E-state index contributed by atoms with van der Waals surface area (Å²) in [5, 5.41) is 2.91. The van der Waals surface area contributed by atoms with E-state index in [1.54, 1.807) is 11.3 Å². The maximum Gasteiger partial charge on any atom is 0.254 e. The number of ether oxygens (including phenoxy) is 1. The number of hydrogen-bond acceptors (Lipinski definition) is 4. The van der Waals surface area contributed by atoms with E-state index in [0.717, 1.165) is 22.0 Å². The third kappa shape index (κ3) is 5.20. The highest BCUT2D eigenvalue weighted by Gasteiger charge is 2.20. The molecule has 1 aromatic heterocycles. The van der Waals surface area contributed by atoms with Crippen LogP contribution in [0, 0.1) is 13.8 Å². The Morgan fingerprint density at radius 3 is 2.54 bits per heavy atom. The summed E-state index contributed by atoms with van der Waals surface area (Å²) in [6.07, 6.45) is 0. The molecule has 2 aromatic carbocycles. The second-order valence-electron chi connectivity index (χ2n) is 7.23. The molecular weight excluding hydrogens is 368 g/mol. The SMILES string of the molecule is Cc1ccc(C(=O)N(Cc2csc(COc3cccc(C)c3)n2)C(C)C)cc1. The Bertz CT molecular complexity index is 932. The summed E-state index contributed by atoms with van der Waals surface area (Å²) in [6, 6.07) is 15.8. The molecule has 0 saturated carbocycles. The van der Waals surface area contributed by atoms with Crippen molar-refractivity contribution in [3.8, 4) is 5.75 Å². The minimum atomic E-state index is 0.0283. The molecule has 0 radical (unpaired) electrons. The molecular formula is C23H26N2O2S. The summed E-state index contributed by atoms with van der Waals surface area (Å²) < 4.78 is 5.83. The topological polar surface area (TPSA) is 42.4 Å². The van der Waals surface area contributed by atoms with Gasteiger partial charge in [-0.1, -0.05) is 29.8 Å². The largest absolute Gasteiger partial charge is 0.486 e. The van der Waals surface area contributed by atoms with Crippen molar-refractivity contribution in [1.29, 1.82) is 0 Å². The second-order valence-corrected chi connectivity index (χ2v) is 8.17. The van der Waals surface area contributed by atoms with E-state index in [9.17, 15) is 4.79 Å². The fourth-order valence-corrected chi connectivity index (χ4v) is 3.56. The van der Waals surface area contributed by atoms with Crippen LogP contribution in [0.3, 0.4) is 0 Å². The molecule has 0 aliphatic heterocycles. The molecule has 0 N–H and O–H groups in total. The Labute approximate surface area is 170 Å². The van der Waals surface area contributed by atoms with Crippen LogP contribution in [0.5, 0.6) is 5.75 Å². The standard InChI is InChI=1S/C23H26N2O2S/c1-16(2)25(23(26)19-10-8-17(3)9-11-19)13-20-15-28-22(24-20)14-27-21-7-5-6-18(4)12-21/h5-12,15-16H,13-14H2,1-4H3. The van der Waals surface area contributed by atoms with E-state index in [1.165, 1.54) is 5.56 Å². The third-order valence-electron chi connectivity index (χ3n) is 4.47. The normalized spacial score (nSPS) is 10.9. The second kappa shape index (κ2) is 9.02. The quantitative estimate of drug-likeness (QED) is 0.539. The molecule has 5 heteroatoms. The highest BCUT2D eigenvalue weighted by molar-refractivity contribution is 7.09. The molecule has 1 heterocycles. The van der Waals surface area contributed by atoms with E-state index >= 15 is 0 Å². The van der Waals surface area contributed by atoms with Gasteiger partial charge in [0.05, 0.1) is 12.2 Å². The molecule has 3 aromatic rings. The molecule has 0 atom stereocenters. The van der Waals surface area contributed by atoms with Gasteiger partial charge < -0.3 is 9.64 Å². The number of rotatable bonds is 7. The average Bonchev–Trinajstić information content (AvgIpc) is 3.12. The van der Waals surface area contributed by atoms with Crippen LogP contribution in [-0.4, -0.2) is 21.8 Å². The summed E-state index contributed by atoms with van der Waals surface area (Å²) in [6.45, 7) is 9.04. The fourth-order valence-electron chi connectivity index (χ4n) is 2.86. The van der Waals surface area contributed by atoms with Crippen molar-refractivity contribution in [2.24, 2.45) is 0 Å². The Morgan fingerprint density at radius 1 is 1.11 bits per heavy atom. The molecule has 0 bridgehead atoms. The van der Waals surface area contributed by atoms with Gasteiger partial charge in [0.15, 0.2) is 0 Å². The van der Waals surface area contributed by atoms with Crippen LogP contribution in [0.2, 0.25) is 0 Å². The van der Waals surface area contributed by atoms with Crippen molar-refractivity contribution in [2.75, 3.05) is 0 Å². The van der Waals surface area contributed by atoms with E-state index in [-0.39, 0.29) is 11.9 Å². The van der Waals surface area contributed by atoms with Crippen molar-refractivity contribution in [1.82, 2.24) is 9.88 Å². The van der Waals surface area contributed by atoms with Crippen LogP contribution < -0.4 is 4.74 Å². The number of amides is 1. The van der Waals surface area contributed by atoms with Gasteiger partial charge in [0.2, 0.25) is 0 Å². The van der Waals surface area contributed by atoms with Gasteiger partial charge in [0, 0.05) is 17.0 Å². The van der Waals surface area contributed by atoms with E-state index in [2.05, 4.69) is 4.98 Å². The highest BCUT2D eigenvalue weighted by Crippen LogP contribution is 2.19. The summed E-state index contributed by atoms with van der Waals surface area (Å²) in [5.74, 6) is 0.871. The van der Waals surface area contributed by atoms with Crippen molar-refractivity contribution < 1.29 is 9.53 Å². The molecule has 28 heavy (non-hydrogen) atoms. The number of nitrogens with zero attached hydrogens (tertiary/aromatic N) is 2. The lowest BCUT2D eigenvalue weighted by Gasteiger charge is -2.26. The average molecular weight is 395 g/mol. The van der Waals surface area contributed by atoms with Crippen LogP contribution >= 0.6 is 11.3 Å². The van der Waals surface area contributed by atoms with Crippen LogP contribution in [-0.2, 0) is 13.2 Å². The lowest BCUT2D eigenvalue weighted by molar-refractivity contribution is 0.0688. The van der Waals surface area contributed by atoms with Gasteiger partial charge in [-0.25, -0.2) is 4.98 Å². The van der Waals surface area contributed by atoms with E-state index in [1.807, 2.05) is 86.5 Å². The fraction of sp³-hybridized carbons (Fsp3) is 0.304. The molecule has 146 valence electrons. The minimum Gasteiger partial charge on any atom is -0.486 e. The van der Waals surface area contributed by atoms with E-state index in [0.29, 0.717) is 18.7 Å². The van der Waals surface area contributed by atoms with Crippen LogP contribution in [0.1, 0.15) is 46.0 Å². The Morgan fingerprint density at radius 2 is 1.86 bits per heavy atom. The zero-order chi connectivity index (χ0) is 20.1. The molecule has 0 spiro atoms.